The molecule has 8 heavy (non-hydrogen) atoms. The van der Waals surface area contributed by atoms with Crippen LogP contribution in [0.2, 0.25) is 0 Å². The van der Waals surface area contributed by atoms with Crippen LogP contribution in [0.1, 0.15) is 7.85 Å². The van der Waals surface area contributed by atoms with Gasteiger partial charge in [-0.1, -0.05) is 0 Å². The van der Waals surface area contributed by atoms with E-state index in [-0.39, 0.29) is 1.43 Å². The molecule has 0 amide bonds. The van der Waals surface area contributed by atoms with E-state index in [4.69, 9.17) is 0 Å². The summed E-state index contributed by atoms with van der Waals surface area (Å²) >= 11 is 0. The summed E-state index contributed by atoms with van der Waals surface area (Å²) in [5.74, 6) is 0. The van der Waals surface area contributed by atoms with Gasteiger partial charge in [-0.3, -0.25) is 0 Å². The van der Waals surface area contributed by atoms with Gasteiger partial charge in [-0.25, -0.2) is 0 Å². The predicted molar refractivity (Wildman–Crippen MR) is 37.1 cm³/mol. The van der Waals surface area contributed by atoms with E-state index >= 15 is 0 Å². The number of nitrogens with zero attached hydrogens (tertiary/aromatic N) is 1. The molecular weight excluding hydrogens is 100 g/mol. The minimum atomic E-state index is 0. The Labute approximate surface area is 52.4 Å². The zero-order chi connectivity index (χ0) is 5.82. The lowest BCUT2D eigenvalue weighted by Gasteiger charge is -2.09. The third kappa shape index (κ3) is 1.80. The maximum absolute atomic E-state index is 3.34. The van der Waals surface area contributed by atoms with Crippen molar-refractivity contribution in [3.8, 4) is 0 Å². The fourth-order valence-electron chi connectivity index (χ4n) is 0.981. The molecule has 0 atom stereocenters. The Balaban J connectivity index is 0.000000640. The van der Waals surface area contributed by atoms with Gasteiger partial charge >= 0.3 is 0 Å². The van der Waals surface area contributed by atoms with E-state index in [1.54, 1.807) is 0 Å². The van der Waals surface area contributed by atoms with Crippen molar-refractivity contribution >= 4 is 0 Å². The monoisotopic (exact) mass is 116 g/mol. The van der Waals surface area contributed by atoms with E-state index < -0.39 is 0 Å². The standard InChI is InChI=1S/C6H14N2.H2/c1-8-5-2-3-7-4-6-8;/h7H,2-6H2,1H3;1H. The second kappa shape index (κ2) is 3.05. The second-order valence-corrected chi connectivity index (χ2v) is 2.41. The molecule has 0 radical (unpaired) electrons. The summed E-state index contributed by atoms with van der Waals surface area (Å²) in [7, 11) is 2.17. The second-order valence-electron chi connectivity index (χ2n) is 2.41. The fraction of sp³-hybridized carbons (Fsp3) is 1.00. The van der Waals surface area contributed by atoms with E-state index in [1.807, 2.05) is 0 Å². The molecule has 1 heterocycles. The molecule has 1 rings (SSSR count). The highest BCUT2D eigenvalue weighted by molar-refractivity contribution is 4.60. The van der Waals surface area contributed by atoms with E-state index in [0.29, 0.717) is 0 Å². The highest BCUT2D eigenvalue weighted by Crippen LogP contribution is 1.88. The average molecular weight is 116 g/mol. The maximum Gasteiger partial charge on any atom is 0.0104 e. The van der Waals surface area contributed by atoms with Crippen molar-refractivity contribution in [2.24, 2.45) is 0 Å². The van der Waals surface area contributed by atoms with Crippen LogP contribution >= 0.6 is 0 Å². The van der Waals surface area contributed by atoms with Crippen molar-refractivity contribution in [2.75, 3.05) is 33.2 Å². The van der Waals surface area contributed by atoms with Gasteiger partial charge in [-0.2, -0.15) is 0 Å². The normalized spacial score (nSPS) is 25.1. The minimum Gasteiger partial charge on any atom is -0.315 e. The highest BCUT2D eigenvalue weighted by Gasteiger charge is 2.00. The minimum absolute atomic E-state index is 0. The molecule has 0 spiro atoms. The van der Waals surface area contributed by atoms with E-state index in [9.17, 15) is 0 Å². The van der Waals surface area contributed by atoms with Crippen LogP contribution in [0.3, 0.4) is 0 Å². The van der Waals surface area contributed by atoms with E-state index in [2.05, 4.69) is 17.3 Å². The van der Waals surface area contributed by atoms with Gasteiger partial charge in [0, 0.05) is 14.5 Å². The fourth-order valence-corrected chi connectivity index (χ4v) is 0.981. The first-order chi connectivity index (χ1) is 3.89. The summed E-state index contributed by atoms with van der Waals surface area (Å²) in [5, 5.41) is 3.34. The van der Waals surface area contributed by atoms with Crippen LogP contribution in [-0.2, 0) is 0 Å². The summed E-state index contributed by atoms with van der Waals surface area (Å²) in [5.41, 5.74) is 0. The van der Waals surface area contributed by atoms with Crippen molar-refractivity contribution in [1.82, 2.24) is 10.2 Å². The first kappa shape index (κ1) is 6.05. The lowest BCUT2D eigenvalue weighted by molar-refractivity contribution is 0.358. The van der Waals surface area contributed by atoms with Crippen LogP contribution in [0.25, 0.3) is 0 Å². The third-order valence-corrected chi connectivity index (χ3v) is 1.56. The van der Waals surface area contributed by atoms with Crippen LogP contribution in [0.4, 0.5) is 0 Å². The number of hydrogen-bond acceptors (Lipinski definition) is 2. The maximum atomic E-state index is 3.34. The average Bonchev–Trinajstić information content (AvgIpc) is 1.94. The van der Waals surface area contributed by atoms with Crippen LogP contribution in [0.15, 0.2) is 0 Å². The van der Waals surface area contributed by atoms with Crippen molar-refractivity contribution in [1.29, 1.82) is 0 Å². The lowest BCUT2D eigenvalue weighted by atomic mass is 10.4. The SMILES string of the molecule is CN1CCCNCC1.[HH]. The molecule has 1 aliphatic heterocycles. The Morgan fingerprint density at radius 3 is 3.12 bits per heavy atom. The molecule has 1 fully saturated rings. The van der Waals surface area contributed by atoms with Gasteiger partial charge in [-0.15, -0.1) is 0 Å². The molecule has 1 aliphatic rings. The Hall–Kier alpha value is -0.0800. The molecule has 0 saturated carbocycles. The van der Waals surface area contributed by atoms with Gasteiger partial charge in [0.15, 0.2) is 0 Å². The number of hydrogen-bond donors (Lipinski definition) is 1. The molecular formula is C6H16N2. The van der Waals surface area contributed by atoms with Gasteiger partial charge in [0.1, 0.15) is 0 Å². The zero-order valence-electron chi connectivity index (χ0n) is 5.48. The van der Waals surface area contributed by atoms with E-state index in [1.165, 1.54) is 26.1 Å². The summed E-state index contributed by atoms with van der Waals surface area (Å²) in [6.45, 7) is 4.83. The van der Waals surface area contributed by atoms with E-state index in [0.717, 1.165) is 6.54 Å². The molecule has 0 aromatic heterocycles. The topological polar surface area (TPSA) is 15.3 Å². The highest BCUT2D eigenvalue weighted by atomic mass is 15.1. The Morgan fingerprint density at radius 2 is 2.25 bits per heavy atom. The zero-order valence-corrected chi connectivity index (χ0v) is 5.48. The molecule has 0 aliphatic carbocycles. The van der Waals surface area contributed by atoms with Crippen LogP contribution in [-0.4, -0.2) is 38.1 Å². The quantitative estimate of drug-likeness (QED) is 0.485. The van der Waals surface area contributed by atoms with Crippen LogP contribution in [0, 0.1) is 0 Å². The van der Waals surface area contributed by atoms with Crippen LogP contribution in [0.5, 0.6) is 0 Å². The van der Waals surface area contributed by atoms with Crippen molar-refractivity contribution in [3.63, 3.8) is 0 Å². The van der Waals surface area contributed by atoms with Gasteiger partial charge in [-0.05, 0) is 26.6 Å². The first-order valence-corrected chi connectivity index (χ1v) is 3.29. The largest absolute Gasteiger partial charge is 0.315 e. The molecule has 0 unspecified atom stereocenters. The van der Waals surface area contributed by atoms with Gasteiger partial charge < -0.3 is 10.2 Å². The summed E-state index contributed by atoms with van der Waals surface area (Å²) < 4.78 is 0. The number of likely N-dealkylation sites (N-methyl/N-ethyl adjacent to an activating group) is 1. The first-order valence-electron chi connectivity index (χ1n) is 3.29. The van der Waals surface area contributed by atoms with Crippen molar-refractivity contribution < 1.29 is 1.43 Å². The molecule has 0 bridgehead atoms. The molecule has 2 nitrogen and oxygen atoms in total. The van der Waals surface area contributed by atoms with Crippen molar-refractivity contribution in [3.05, 3.63) is 0 Å². The van der Waals surface area contributed by atoms with Gasteiger partial charge in [0.2, 0.25) is 0 Å². The number of nitrogens with one attached hydrogen (secondary N) is 1. The van der Waals surface area contributed by atoms with Crippen molar-refractivity contribution in [2.45, 2.75) is 6.42 Å². The Bertz CT molecular complexity index is 60.1. The van der Waals surface area contributed by atoms with Gasteiger partial charge in [0.05, 0.1) is 0 Å². The predicted octanol–water partition coefficient (Wildman–Crippen LogP) is 0.158. The lowest BCUT2D eigenvalue weighted by Crippen LogP contribution is -2.23. The summed E-state index contributed by atoms with van der Waals surface area (Å²) in [6.07, 6.45) is 1.30. The molecule has 50 valence electrons. The molecule has 0 aromatic carbocycles. The number of rotatable bonds is 0. The molecule has 2 heteroatoms. The molecule has 0 aromatic rings. The summed E-state index contributed by atoms with van der Waals surface area (Å²) in [6, 6.07) is 0. The third-order valence-electron chi connectivity index (χ3n) is 1.56. The Morgan fingerprint density at radius 1 is 1.38 bits per heavy atom. The summed E-state index contributed by atoms with van der Waals surface area (Å²) in [4.78, 5) is 2.36. The molecule has 1 saturated heterocycles. The molecule has 1 N–H and O–H groups in total. The van der Waals surface area contributed by atoms with Crippen LogP contribution < -0.4 is 5.32 Å². The smallest absolute Gasteiger partial charge is 0.0104 e. The Kier molecular flexibility index (Phi) is 2.30. The van der Waals surface area contributed by atoms with Gasteiger partial charge in [0.25, 0.3) is 0 Å².